The molecule has 9 nitrogen and oxygen atoms in total. The Hall–Kier alpha value is -2.07. The van der Waals surface area contributed by atoms with Crippen LogP contribution in [0.25, 0.3) is 0 Å². The Bertz CT molecular complexity index is 867. The number of ether oxygens (including phenoxy) is 2. The van der Waals surface area contributed by atoms with E-state index in [4.69, 9.17) is 26.8 Å². The highest BCUT2D eigenvalue weighted by Crippen LogP contribution is 2.35. The number of hydrogen-bond donors (Lipinski definition) is 4. The van der Waals surface area contributed by atoms with Crippen LogP contribution in [-0.2, 0) is 16.1 Å². The lowest BCUT2D eigenvalue weighted by Crippen LogP contribution is -2.53. The first-order valence-electron chi connectivity index (χ1n) is 13.6. The summed E-state index contributed by atoms with van der Waals surface area (Å²) in [6.45, 7) is 2.08. The number of carbonyl (C=O) groups excluding carboxylic acids is 2. The molecule has 208 valence electrons. The molecule has 5 N–H and O–H groups in total. The molecule has 1 aromatic rings. The van der Waals surface area contributed by atoms with E-state index in [9.17, 15) is 14.7 Å². The van der Waals surface area contributed by atoms with Gasteiger partial charge in [0.25, 0.3) is 0 Å². The van der Waals surface area contributed by atoms with Crippen LogP contribution in [0, 0.1) is 5.92 Å². The molecule has 0 aromatic heterocycles. The third-order valence-electron chi connectivity index (χ3n) is 7.51. The normalized spacial score (nSPS) is 20.2. The Morgan fingerprint density at radius 3 is 2.70 bits per heavy atom. The Balaban J connectivity index is 1.60. The van der Waals surface area contributed by atoms with Crippen LogP contribution in [0.2, 0.25) is 5.02 Å². The number of halogens is 1. The molecule has 1 saturated heterocycles. The molecule has 3 atom stereocenters. The second-order valence-corrected chi connectivity index (χ2v) is 10.5. The number of nitrogens with zero attached hydrogens (tertiary/aromatic N) is 1. The van der Waals surface area contributed by atoms with Crippen molar-refractivity contribution in [2.24, 2.45) is 11.7 Å². The van der Waals surface area contributed by atoms with Gasteiger partial charge in [0.05, 0.1) is 25.4 Å². The lowest BCUT2D eigenvalue weighted by atomic mass is 9.83. The molecule has 0 unspecified atom stereocenters. The number of aliphatic hydroxyl groups is 1. The second kappa shape index (κ2) is 15.4. The Morgan fingerprint density at radius 1 is 1.19 bits per heavy atom. The van der Waals surface area contributed by atoms with Crippen LogP contribution in [-0.4, -0.2) is 74.2 Å². The van der Waals surface area contributed by atoms with E-state index in [1.54, 1.807) is 0 Å². The number of carbonyl (C=O) groups is 2. The number of piperidine rings is 1. The van der Waals surface area contributed by atoms with Gasteiger partial charge in [-0.2, -0.15) is 0 Å². The molecule has 0 bridgehead atoms. The number of hydrogen-bond acceptors (Lipinski definition) is 6. The summed E-state index contributed by atoms with van der Waals surface area (Å²) in [5.74, 6) is 0.590. The lowest BCUT2D eigenvalue weighted by molar-refractivity contribution is 0.0649. The summed E-state index contributed by atoms with van der Waals surface area (Å²) in [6.07, 6.45) is 7.26. The molecule has 2 fully saturated rings. The molecule has 3 amide bonds. The molecule has 1 aromatic carbocycles. The van der Waals surface area contributed by atoms with Gasteiger partial charge in [0.1, 0.15) is 6.61 Å². The fraction of sp³-hybridized carbons (Fsp3) is 0.704. The van der Waals surface area contributed by atoms with Crippen LogP contribution in [0.4, 0.5) is 9.59 Å². The quantitative estimate of drug-likeness (QED) is 0.318. The van der Waals surface area contributed by atoms with Crippen LogP contribution in [0.1, 0.15) is 68.4 Å². The summed E-state index contributed by atoms with van der Waals surface area (Å²) < 4.78 is 10.7. The molecule has 1 aliphatic heterocycles. The van der Waals surface area contributed by atoms with E-state index >= 15 is 0 Å². The van der Waals surface area contributed by atoms with Gasteiger partial charge in [-0.05, 0) is 42.4 Å². The molecule has 1 aliphatic carbocycles. The average Bonchev–Trinajstić information content (AvgIpc) is 2.92. The highest BCUT2D eigenvalue weighted by atomic mass is 35.5. The maximum atomic E-state index is 13.3. The van der Waals surface area contributed by atoms with Crippen molar-refractivity contribution in [3.8, 4) is 0 Å². The van der Waals surface area contributed by atoms with Gasteiger partial charge in [0.15, 0.2) is 0 Å². The van der Waals surface area contributed by atoms with Gasteiger partial charge < -0.3 is 35.8 Å². The van der Waals surface area contributed by atoms with Gasteiger partial charge in [0.2, 0.25) is 0 Å². The fourth-order valence-electron chi connectivity index (χ4n) is 5.52. The summed E-state index contributed by atoms with van der Waals surface area (Å²) >= 11 is 6.64. The highest BCUT2D eigenvalue weighted by Gasteiger charge is 2.31. The molecular weight excluding hydrogens is 496 g/mol. The van der Waals surface area contributed by atoms with Gasteiger partial charge in [-0.3, -0.25) is 0 Å². The van der Waals surface area contributed by atoms with Crippen LogP contribution < -0.4 is 16.4 Å². The molecule has 3 rings (SSSR count). The molecular formula is C27H43ClN4O5. The summed E-state index contributed by atoms with van der Waals surface area (Å²) in [5, 5.41) is 16.7. The van der Waals surface area contributed by atoms with Crippen LogP contribution in [0.5, 0.6) is 0 Å². The fourth-order valence-corrected chi connectivity index (χ4v) is 5.87. The Morgan fingerprint density at radius 2 is 1.97 bits per heavy atom. The van der Waals surface area contributed by atoms with Gasteiger partial charge in [0, 0.05) is 37.6 Å². The van der Waals surface area contributed by atoms with E-state index in [-0.39, 0.29) is 37.7 Å². The van der Waals surface area contributed by atoms with Crippen molar-refractivity contribution in [3.63, 3.8) is 0 Å². The van der Waals surface area contributed by atoms with Crippen LogP contribution >= 0.6 is 11.6 Å². The van der Waals surface area contributed by atoms with Crippen molar-refractivity contribution in [2.75, 3.05) is 39.9 Å². The molecule has 1 heterocycles. The molecule has 0 spiro atoms. The molecule has 10 heteroatoms. The monoisotopic (exact) mass is 538 g/mol. The first-order valence-corrected chi connectivity index (χ1v) is 13.9. The molecule has 37 heavy (non-hydrogen) atoms. The van der Waals surface area contributed by atoms with Crippen molar-refractivity contribution in [1.29, 1.82) is 0 Å². The average molecular weight is 539 g/mol. The number of aliphatic hydroxyl groups excluding tert-OH is 1. The maximum absolute atomic E-state index is 13.3. The minimum Gasteiger partial charge on any atom is -0.447 e. The zero-order valence-electron chi connectivity index (χ0n) is 21.9. The predicted molar refractivity (Wildman–Crippen MR) is 144 cm³/mol. The SMILES string of the molecule is CNC(=O)OCCOCc1cccc(Cl)c1[C@H]1CCCN(C(=O)N[C@H](CC2CCCCC2)[C@H](O)CN)C1. The van der Waals surface area contributed by atoms with Gasteiger partial charge in [-0.15, -0.1) is 0 Å². The minimum atomic E-state index is -0.758. The van der Waals surface area contributed by atoms with Crippen LogP contribution in [0.15, 0.2) is 18.2 Å². The number of rotatable bonds is 11. The predicted octanol–water partition coefficient (Wildman–Crippen LogP) is 3.76. The van der Waals surface area contributed by atoms with E-state index in [0.29, 0.717) is 30.6 Å². The van der Waals surface area contributed by atoms with Crippen molar-refractivity contribution < 1.29 is 24.2 Å². The third-order valence-corrected chi connectivity index (χ3v) is 7.84. The Kier molecular flexibility index (Phi) is 12.2. The number of amides is 3. The topological polar surface area (TPSA) is 126 Å². The largest absolute Gasteiger partial charge is 0.447 e. The molecule has 0 radical (unpaired) electrons. The number of nitrogens with one attached hydrogen (secondary N) is 2. The van der Waals surface area contributed by atoms with E-state index in [1.165, 1.54) is 26.3 Å². The summed E-state index contributed by atoms with van der Waals surface area (Å²) in [5.41, 5.74) is 7.74. The zero-order chi connectivity index (χ0) is 26.6. The Labute approximate surface area is 225 Å². The van der Waals surface area contributed by atoms with Crippen molar-refractivity contribution >= 4 is 23.7 Å². The van der Waals surface area contributed by atoms with Gasteiger partial charge >= 0.3 is 12.1 Å². The van der Waals surface area contributed by atoms with Crippen molar-refractivity contribution in [1.82, 2.24) is 15.5 Å². The van der Waals surface area contributed by atoms with Gasteiger partial charge in [-0.25, -0.2) is 9.59 Å². The number of benzene rings is 1. The first-order chi connectivity index (χ1) is 17.9. The van der Waals surface area contributed by atoms with E-state index < -0.39 is 12.2 Å². The number of urea groups is 1. The number of nitrogens with two attached hydrogens (primary N) is 1. The number of alkyl carbamates (subject to hydrolysis) is 1. The van der Waals surface area contributed by atoms with Crippen molar-refractivity contribution in [3.05, 3.63) is 34.3 Å². The maximum Gasteiger partial charge on any atom is 0.406 e. The van der Waals surface area contributed by atoms with E-state index in [1.807, 2.05) is 23.1 Å². The summed E-state index contributed by atoms with van der Waals surface area (Å²) in [7, 11) is 1.51. The molecule has 2 aliphatic rings. The van der Waals surface area contributed by atoms with E-state index in [0.717, 1.165) is 43.2 Å². The summed E-state index contributed by atoms with van der Waals surface area (Å²) in [4.78, 5) is 26.3. The third kappa shape index (κ3) is 9.02. The van der Waals surface area contributed by atoms with Gasteiger partial charge in [-0.1, -0.05) is 55.8 Å². The zero-order valence-corrected chi connectivity index (χ0v) is 22.7. The van der Waals surface area contributed by atoms with Crippen molar-refractivity contribution in [2.45, 2.75) is 76.0 Å². The summed E-state index contributed by atoms with van der Waals surface area (Å²) in [6, 6.07) is 5.24. The minimum absolute atomic E-state index is 0.0742. The first kappa shape index (κ1) is 29.5. The standard InChI is InChI=1S/C27H43ClN4O5/c1-30-27(35)37-14-13-36-18-21-9-5-11-22(28)25(21)20-10-6-12-32(17-20)26(34)31-23(24(33)16-29)15-19-7-3-2-4-8-19/h5,9,11,19-20,23-24,33H,2-4,6-8,10,12-18,29H2,1H3,(H,30,35)(H,31,34)/t20-,23+,24+/m0/s1. The molecule has 1 saturated carbocycles. The highest BCUT2D eigenvalue weighted by molar-refractivity contribution is 6.31. The second-order valence-electron chi connectivity index (χ2n) is 10.1. The van der Waals surface area contributed by atoms with E-state index in [2.05, 4.69) is 10.6 Å². The number of likely N-dealkylation sites (tertiary alicyclic amines) is 1. The lowest BCUT2D eigenvalue weighted by Gasteiger charge is -2.36. The van der Waals surface area contributed by atoms with Crippen LogP contribution in [0.3, 0.4) is 0 Å². The smallest absolute Gasteiger partial charge is 0.406 e.